The van der Waals surface area contributed by atoms with Gasteiger partial charge in [0.1, 0.15) is 0 Å². The molecule has 224 valence electrons. The molecule has 0 aliphatic carbocycles. The molecule has 0 atom stereocenters. The normalized spacial score (nSPS) is 10.5. The van der Waals surface area contributed by atoms with E-state index in [1.165, 1.54) is 5.56 Å². The van der Waals surface area contributed by atoms with Gasteiger partial charge in [-0.15, -0.1) is 0 Å². The fraction of sp³-hybridized carbons (Fsp3) is 0.222. The highest BCUT2D eigenvalue weighted by Gasteiger charge is 2.61. The summed E-state index contributed by atoms with van der Waals surface area (Å²) < 4.78 is 0. The lowest BCUT2D eigenvalue weighted by atomic mass is 8.24. The Morgan fingerprint density at radius 2 is 0.500 bits per heavy atom. The smallest absolute Gasteiger partial charge is 0.335 e. The van der Waals surface area contributed by atoms with Crippen molar-refractivity contribution in [2.75, 3.05) is 0 Å². The second kappa shape index (κ2) is 30.5. The lowest BCUT2D eigenvalue weighted by molar-refractivity contribution is 0.0696. The van der Waals surface area contributed by atoms with Gasteiger partial charge in [0.05, 0.1) is 5.56 Å². The van der Waals surface area contributed by atoms with E-state index in [1.807, 2.05) is 6.07 Å². The molecular weight excluding hydrogens is 738 g/mol. The second-order valence-electron chi connectivity index (χ2n) is 17.9. The first-order chi connectivity index (χ1) is 30.3. The molecule has 0 unspecified atom stereocenters. The first kappa shape index (κ1) is 66.2. The summed E-state index contributed by atoms with van der Waals surface area (Å²) in [6.07, 6.45) is -35.1. The highest BCUT2D eigenvalue weighted by molar-refractivity contribution is 8.36. The van der Waals surface area contributed by atoms with Crippen molar-refractivity contribution in [2.45, 2.75) is 13.1 Å². The maximum Gasteiger partial charge on any atom is 0.335 e. The molecule has 66 heavy (non-hydrogen) atoms. The Balaban J connectivity index is 0.00000154. The minimum Gasteiger partial charge on any atom is -0.478 e. The van der Waals surface area contributed by atoms with Gasteiger partial charge in [-0.2, -0.15) is 0 Å². The summed E-state index contributed by atoms with van der Waals surface area (Å²) in [4.78, 5) is 10.6. The third-order valence-corrected chi connectivity index (χ3v) is 13.2. The van der Waals surface area contributed by atoms with Crippen LogP contribution in [0.4, 0.5) is 0 Å². The van der Waals surface area contributed by atoms with Crippen molar-refractivity contribution in [2.24, 2.45) is 0 Å². The molecule has 3 nitrogen and oxygen atoms in total. The molecule has 0 bridgehead atoms. The summed E-state index contributed by atoms with van der Waals surface area (Å²) in [6, 6.07) is 5.25. The van der Waals surface area contributed by atoms with Crippen molar-refractivity contribution in [1.29, 1.82) is 0 Å². The van der Waals surface area contributed by atoms with Gasteiger partial charge in [-0.25, -0.2) is 4.79 Å². The number of carbonyl (C=O) groups is 1. The quantitative estimate of drug-likeness (QED) is 0.0928. The monoisotopic (exact) mass is 758 g/mol. The summed E-state index contributed by atoms with van der Waals surface area (Å²) >= 11 is 0. The molecule has 0 amide bonds. The molecule has 0 fully saturated rings. The minimum absolute atomic E-state index is 0.373. The average Bonchev–Trinajstić information content (AvgIpc) is 3.60. The van der Waals surface area contributed by atoms with Crippen molar-refractivity contribution < 1.29 is 9.90 Å². The predicted octanol–water partition coefficient (Wildman–Crippen LogP) is -19.6. The Labute approximate surface area is 448 Å². The number of hydrogen-bond donors (Lipinski definition) is 2. The van der Waals surface area contributed by atoms with Crippen molar-refractivity contribution >= 4 is 389 Å². The van der Waals surface area contributed by atoms with Crippen LogP contribution in [0.5, 0.6) is 0 Å². The molecule has 2 N–H and O–H groups in total. The molecule has 1 heterocycles. The van der Waals surface area contributed by atoms with Crippen LogP contribution in [0.25, 0.3) is 0 Å². The van der Waals surface area contributed by atoms with E-state index in [0.29, 0.717) is 5.56 Å². The SMILES string of the molecule is O=C(O)c1ccc2c(c1)CNC2.[B]B([B])B(B([B])[B])B(B(B([B])[B])B([B])[B])B(B(B([B])[B])B([B])[B])B(B(B(B([B])[B])B([B])[B])B(B([B])[B])B([B])[B])B(B(B([B])[B])B([B])[B])B(B([B])[B])B([B])[B]. The van der Waals surface area contributed by atoms with Crippen LogP contribution < -0.4 is 5.32 Å². The van der Waals surface area contributed by atoms with Gasteiger partial charge in [-0.05, 0) is 23.3 Å². The Bertz CT molecular complexity index is 1370. The maximum absolute atomic E-state index is 10.6. The zero-order valence-electron chi connectivity index (χ0n) is 37.7. The summed E-state index contributed by atoms with van der Waals surface area (Å²) in [5, 5.41) is 11.9. The molecule has 57 heteroatoms. The number of aromatic carboxylic acids is 1. The molecule has 0 saturated heterocycles. The van der Waals surface area contributed by atoms with Crippen molar-refractivity contribution in [3.63, 3.8) is 0 Å². The zero-order valence-corrected chi connectivity index (χ0v) is 37.7. The molecule has 0 aromatic heterocycles. The first-order valence-corrected chi connectivity index (χ1v) is 21.5. The molecule has 2 rings (SSSR count). The molecule has 1 aliphatic rings. The summed E-state index contributed by atoms with van der Waals surface area (Å²) in [5.41, 5.74) is 2.69. The Hall–Kier alpha value is 2.16. The van der Waals surface area contributed by atoms with Gasteiger partial charge in [0.15, 0.2) is 0 Å². The summed E-state index contributed by atoms with van der Waals surface area (Å²) in [7, 11) is 182. The van der Waals surface area contributed by atoms with E-state index in [0.717, 1.165) is 18.7 Å². The average molecular weight is 747 g/mol. The van der Waals surface area contributed by atoms with Crippen LogP contribution in [0.2, 0.25) is 0 Å². The van der Waals surface area contributed by atoms with E-state index in [2.05, 4.69) is 5.32 Å². The Kier molecular flexibility index (Phi) is 30.6. The van der Waals surface area contributed by atoms with E-state index in [9.17, 15) is 4.79 Å². The molecule has 1 aliphatic heterocycles. The van der Waals surface area contributed by atoms with E-state index < -0.39 is 172 Å². The summed E-state index contributed by atoms with van der Waals surface area (Å²) in [5.74, 6) is -0.857. The van der Waals surface area contributed by atoms with E-state index in [1.54, 1.807) is 12.1 Å². The molecule has 1 aromatic rings. The lowest BCUT2D eigenvalue weighted by Gasteiger charge is -2.58. The Morgan fingerprint density at radius 3 is 0.697 bits per heavy atom. The van der Waals surface area contributed by atoms with Crippen LogP contribution in [-0.2, 0) is 13.1 Å². The van der Waals surface area contributed by atoms with Gasteiger partial charge in [-0.1, -0.05) is 6.07 Å². The zero-order chi connectivity index (χ0) is 51.6. The third-order valence-electron chi connectivity index (χ3n) is 13.2. The fourth-order valence-corrected chi connectivity index (χ4v) is 10.7. The lowest BCUT2D eigenvalue weighted by Crippen LogP contribution is -2.96. The van der Waals surface area contributed by atoms with Crippen molar-refractivity contribution in [1.82, 2.24) is 5.32 Å². The van der Waals surface area contributed by atoms with Gasteiger partial charge in [0, 0.05) is 396 Å². The number of fused-ring (bicyclic) bond motifs is 1. The van der Waals surface area contributed by atoms with E-state index >= 15 is 0 Å². The number of benzene rings is 1. The van der Waals surface area contributed by atoms with Crippen LogP contribution in [0.15, 0.2) is 18.2 Å². The first-order valence-electron chi connectivity index (χ1n) is 21.5. The molecule has 0 saturated carbocycles. The number of carboxylic acid groups (broad SMARTS) is 1. The van der Waals surface area contributed by atoms with Gasteiger partial charge in [0.2, 0.25) is 0 Å². The van der Waals surface area contributed by atoms with Gasteiger partial charge in [0.25, 0.3) is 0 Å². The fourth-order valence-electron chi connectivity index (χ4n) is 10.7. The Morgan fingerprint density at radius 1 is 0.318 bits per heavy atom. The van der Waals surface area contributed by atoms with Crippen LogP contribution in [-0.4, -0.2) is 394 Å². The highest BCUT2D eigenvalue weighted by Crippen LogP contribution is 2.23. The van der Waals surface area contributed by atoms with Crippen molar-refractivity contribution in [3.8, 4) is 0 Å². The number of nitrogens with one attached hydrogen (secondary N) is 1. The number of hydrogen-bond acceptors (Lipinski definition) is 2. The van der Waals surface area contributed by atoms with Crippen LogP contribution in [0.3, 0.4) is 0 Å². The van der Waals surface area contributed by atoms with Crippen LogP contribution in [0, 0.1) is 0 Å². The number of carboxylic acids is 1. The van der Waals surface area contributed by atoms with Crippen LogP contribution in [0.1, 0.15) is 21.5 Å². The second-order valence-corrected chi connectivity index (χ2v) is 17.9. The molecule has 1 aromatic carbocycles. The third kappa shape index (κ3) is 17.9. The molecular formula is C9H9B54NO2. The van der Waals surface area contributed by atoms with Gasteiger partial charge >= 0.3 is 5.97 Å². The molecule has 56 radical (unpaired) electrons. The highest BCUT2D eigenvalue weighted by atomic mass is 16.4. The van der Waals surface area contributed by atoms with E-state index in [4.69, 9.17) is 222 Å². The van der Waals surface area contributed by atoms with E-state index in [-0.39, 0.29) is 0 Å². The maximum atomic E-state index is 10.6. The van der Waals surface area contributed by atoms with Gasteiger partial charge in [-0.3, -0.25) is 0 Å². The standard InChI is InChI=1S/C9H9NO2.B54/c11-9(12)6-1-2-7-4-10-5-8(7)3-6;1-29(2)43(30(3)4)50(44(31(5)6)32(7)8)53(49(41(25)26)42(27)28)54(51(45(33(9)10)34(11)12)46(35(13)14)36(15)16)52(47(37(17)18)38(19)20)48(39(21)22)40(23)24/h1-3,10H,4-5H2,(H,11,12);. The number of rotatable bonds is 26. The molecule has 0 spiro atoms. The van der Waals surface area contributed by atoms with Crippen LogP contribution >= 0.6 is 0 Å². The topological polar surface area (TPSA) is 49.3 Å². The minimum atomic E-state index is -1.44. The van der Waals surface area contributed by atoms with Crippen molar-refractivity contribution in [3.05, 3.63) is 34.9 Å². The van der Waals surface area contributed by atoms with Gasteiger partial charge < -0.3 is 10.4 Å². The predicted molar refractivity (Wildman–Crippen MR) is 355 cm³/mol. The summed E-state index contributed by atoms with van der Waals surface area (Å²) in [6.45, 7) is 1.64. The largest absolute Gasteiger partial charge is 0.478 e.